The van der Waals surface area contributed by atoms with Gasteiger partial charge in [-0.1, -0.05) is 11.6 Å². The zero-order valence-corrected chi connectivity index (χ0v) is 8.54. The predicted molar refractivity (Wildman–Crippen MR) is 54.4 cm³/mol. The van der Waals surface area contributed by atoms with Crippen LogP contribution in [0.2, 0.25) is 5.02 Å². The van der Waals surface area contributed by atoms with Gasteiger partial charge in [0.25, 0.3) is 0 Å². The zero-order valence-electron chi connectivity index (χ0n) is 7.78. The topological polar surface area (TPSA) is 75.6 Å². The van der Waals surface area contributed by atoms with Crippen molar-refractivity contribution in [1.82, 2.24) is 0 Å². The number of carboxylic acid groups (broad SMARTS) is 1. The van der Waals surface area contributed by atoms with Gasteiger partial charge in [0.15, 0.2) is 0 Å². The summed E-state index contributed by atoms with van der Waals surface area (Å²) in [6, 6.07) is 4.17. The van der Waals surface area contributed by atoms with E-state index in [1.165, 1.54) is 25.3 Å². The standard InChI is InChI=1S/C9H8ClNO4/c1-15-8(12)5-2-3-6(10)7(4-5)11-9(13)14/h2-4,11H,1H3,(H,13,14). The highest BCUT2D eigenvalue weighted by Gasteiger charge is 2.10. The normalized spacial score (nSPS) is 9.47. The van der Waals surface area contributed by atoms with Crippen LogP contribution in [0.4, 0.5) is 10.5 Å². The molecule has 0 atom stereocenters. The first-order valence-electron chi connectivity index (χ1n) is 3.92. The summed E-state index contributed by atoms with van der Waals surface area (Å²) in [4.78, 5) is 21.5. The number of hydrogen-bond donors (Lipinski definition) is 2. The maximum absolute atomic E-state index is 11.1. The first kappa shape index (κ1) is 11.3. The Morgan fingerprint density at radius 3 is 2.67 bits per heavy atom. The lowest BCUT2D eigenvalue weighted by Gasteiger charge is -2.05. The van der Waals surface area contributed by atoms with Gasteiger partial charge in [-0.3, -0.25) is 5.32 Å². The largest absolute Gasteiger partial charge is 0.465 e. The molecule has 15 heavy (non-hydrogen) atoms. The van der Waals surface area contributed by atoms with Crippen LogP contribution in [-0.4, -0.2) is 24.3 Å². The minimum Gasteiger partial charge on any atom is -0.465 e. The molecule has 5 nitrogen and oxygen atoms in total. The molecule has 1 aromatic carbocycles. The fourth-order valence-corrected chi connectivity index (χ4v) is 1.15. The Balaban J connectivity index is 3.05. The van der Waals surface area contributed by atoms with Gasteiger partial charge in [-0.25, -0.2) is 9.59 Å². The number of nitrogens with one attached hydrogen (secondary N) is 1. The van der Waals surface area contributed by atoms with Crippen LogP contribution in [0, 0.1) is 0 Å². The summed E-state index contributed by atoms with van der Waals surface area (Å²) in [6.07, 6.45) is -1.25. The molecule has 0 aliphatic rings. The third-order valence-corrected chi connectivity index (χ3v) is 1.96. The van der Waals surface area contributed by atoms with Crippen LogP contribution in [0.25, 0.3) is 0 Å². The lowest BCUT2D eigenvalue weighted by Crippen LogP contribution is -2.09. The average molecular weight is 230 g/mol. The monoisotopic (exact) mass is 229 g/mol. The number of methoxy groups -OCH3 is 1. The van der Waals surface area contributed by atoms with Gasteiger partial charge in [-0.2, -0.15) is 0 Å². The van der Waals surface area contributed by atoms with Gasteiger partial charge in [-0.15, -0.1) is 0 Å². The molecule has 0 radical (unpaired) electrons. The third kappa shape index (κ3) is 2.85. The average Bonchev–Trinajstić information content (AvgIpc) is 2.19. The van der Waals surface area contributed by atoms with Crippen molar-refractivity contribution in [1.29, 1.82) is 0 Å². The summed E-state index contributed by atoms with van der Waals surface area (Å²) in [5.41, 5.74) is 0.373. The third-order valence-electron chi connectivity index (χ3n) is 1.63. The molecule has 0 spiro atoms. The fourth-order valence-electron chi connectivity index (χ4n) is 0.981. The van der Waals surface area contributed by atoms with Crippen LogP contribution in [0.3, 0.4) is 0 Å². The number of anilines is 1. The molecule has 1 amide bonds. The molecule has 1 aromatic rings. The minimum atomic E-state index is -1.25. The number of hydrogen-bond acceptors (Lipinski definition) is 3. The van der Waals surface area contributed by atoms with Gasteiger partial charge in [0.1, 0.15) is 0 Å². The molecule has 0 saturated carbocycles. The summed E-state index contributed by atoms with van der Waals surface area (Å²) in [5.74, 6) is -0.555. The van der Waals surface area contributed by atoms with Gasteiger partial charge in [-0.05, 0) is 18.2 Å². The van der Waals surface area contributed by atoms with E-state index in [0.717, 1.165) is 0 Å². The first-order valence-corrected chi connectivity index (χ1v) is 4.30. The summed E-state index contributed by atoms with van der Waals surface area (Å²) >= 11 is 5.71. The molecule has 0 fully saturated rings. The molecule has 0 aromatic heterocycles. The number of carbonyl (C=O) groups is 2. The maximum Gasteiger partial charge on any atom is 0.409 e. The smallest absolute Gasteiger partial charge is 0.409 e. The zero-order chi connectivity index (χ0) is 11.4. The van der Waals surface area contributed by atoms with Crippen LogP contribution in [0.5, 0.6) is 0 Å². The van der Waals surface area contributed by atoms with Crippen LogP contribution in [-0.2, 0) is 4.74 Å². The Morgan fingerprint density at radius 2 is 2.13 bits per heavy atom. The van der Waals surface area contributed by atoms with Gasteiger partial charge in [0.2, 0.25) is 0 Å². The Bertz CT molecular complexity index is 405. The van der Waals surface area contributed by atoms with E-state index in [4.69, 9.17) is 16.7 Å². The van der Waals surface area contributed by atoms with Crippen molar-refractivity contribution in [3.05, 3.63) is 28.8 Å². The molecule has 1 rings (SSSR count). The molecule has 0 saturated heterocycles. The van der Waals surface area contributed by atoms with E-state index in [2.05, 4.69) is 10.1 Å². The maximum atomic E-state index is 11.1. The van der Waals surface area contributed by atoms with E-state index < -0.39 is 12.1 Å². The van der Waals surface area contributed by atoms with E-state index >= 15 is 0 Å². The number of halogens is 1. The number of esters is 1. The fraction of sp³-hybridized carbons (Fsp3) is 0.111. The van der Waals surface area contributed by atoms with E-state index in [0.29, 0.717) is 0 Å². The van der Waals surface area contributed by atoms with Gasteiger partial charge in [0.05, 0.1) is 23.4 Å². The van der Waals surface area contributed by atoms with Crippen molar-refractivity contribution in [3.8, 4) is 0 Å². The molecule has 0 unspecified atom stereocenters. The molecule has 0 aliphatic carbocycles. The van der Waals surface area contributed by atoms with E-state index in [1.807, 2.05) is 0 Å². The SMILES string of the molecule is COC(=O)c1ccc(Cl)c(NC(=O)O)c1. The van der Waals surface area contributed by atoms with Crippen molar-refractivity contribution in [2.24, 2.45) is 0 Å². The Morgan fingerprint density at radius 1 is 1.47 bits per heavy atom. The highest BCUT2D eigenvalue weighted by molar-refractivity contribution is 6.33. The lowest BCUT2D eigenvalue weighted by atomic mass is 10.2. The quantitative estimate of drug-likeness (QED) is 0.763. The van der Waals surface area contributed by atoms with Crippen molar-refractivity contribution in [2.75, 3.05) is 12.4 Å². The Kier molecular flexibility index (Phi) is 3.51. The van der Waals surface area contributed by atoms with Crippen LogP contribution >= 0.6 is 11.6 Å². The molecular weight excluding hydrogens is 222 g/mol. The highest BCUT2D eigenvalue weighted by atomic mass is 35.5. The number of amides is 1. The lowest BCUT2D eigenvalue weighted by molar-refractivity contribution is 0.0600. The van der Waals surface area contributed by atoms with Crippen molar-refractivity contribution in [3.63, 3.8) is 0 Å². The van der Waals surface area contributed by atoms with Gasteiger partial charge >= 0.3 is 12.1 Å². The Hall–Kier alpha value is -1.75. The number of rotatable bonds is 2. The Labute approximate surface area is 90.6 Å². The second-order valence-corrected chi connectivity index (χ2v) is 3.02. The molecule has 0 aliphatic heterocycles. The van der Waals surface area contributed by atoms with E-state index in [-0.39, 0.29) is 16.3 Å². The van der Waals surface area contributed by atoms with E-state index in [9.17, 15) is 9.59 Å². The molecule has 0 bridgehead atoms. The summed E-state index contributed by atoms with van der Waals surface area (Å²) in [6.45, 7) is 0. The molecule has 2 N–H and O–H groups in total. The molecule has 6 heteroatoms. The summed E-state index contributed by atoms with van der Waals surface area (Å²) in [7, 11) is 1.24. The highest BCUT2D eigenvalue weighted by Crippen LogP contribution is 2.23. The molecule has 80 valence electrons. The predicted octanol–water partition coefficient (Wildman–Crippen LogP) is 2.22. The number of carbonyl (C=O) groups excluding carboxylic acids is 1. The second kappa shape index (κ2) is 4.65. The second-order valence-electron chi connectivity index (χ2n) is 2.62. The summed E-state index contributed by atoms with van der Waals surface area (Å²) in [5, 5.41) is 10.8. The van der Waals surface area contributed by atoms with Crippen LogP contribution in [0.15, 0.2) is 18.2 Å². The van der Waals surface area contributed by atoms with Crippen molar-refractivity contribution >= 4 is 29.4 Å². The van der Waals surface area contributed by atoms with Gasteiger partial charge in [0, 0.05) is 0 Å². The van der Waals surface area contributed by atoms with Crippen LogP contribution in [0.1, 0.15) is 10.4 Å². The van der Waals surface area contributed by atoms with E-state index in [1.54, 1.807) is 0 Å². The summed E-state index contributed by atoms with van der Waals surface area (Å²) < 4.78 is 4.48. The van der Waals surface area contributed by atoms with Crippen molar-refractivity contribution < 1.29 is 19.4 Å². The van der Waals surface area contributed by atoms with Crippen molar-refractivity contribution in [2.45, 2.75) is 0 Å². The number of ether oxygens (including phenoxy) is 1. The molecule has 0 heterocycles. The van der Waals surface area contributed by atoms with Gasteiger partial charge < -0.3 is 9.84 Å². The first-order chi connectivity index (χ1) is 7.04. The molecular formula is C9H8ClNO4. The van der Waals surface area contributed by atoms with Crippen LogP contribution < -0.4 is 5.32 Å². The number of benzene rings is 1. The minimum absolute atomic E-state index is 0.145.